The van der Waals surface area contributed by atoms with Crippen molar-refractivity contribution < 1.29 is 0 Å². The van der Waals surface area contributed by atoms with Gasteiger partial charge < -0.3 is 15.6 Å². The number of rotatable bonds is 1. The van der Waals surface area contributed by atoms with Crippen molar-refractivity contribution in [3.05, 3.63) is 33.7 Å². The summed E-state index contributed by atoms with van der Waals surface area (Å²) in [6.07, 6.45) is 0.920. The van der Waals surface area contributed by atoms with Crippen LogP contribution in [-0.2, 0) is 0 Å². The molecule has 1 aliphatic rings. The van der Waals surface area contributed by atoms with Crippen LogP contribution in [0.3, 0.4) is 0 Å². The molecular weight excluding hydrogens is 252 g/mol. The Bertz CT molecular complexity index is 654. The summed E-state index contributed by atoms with van der Waals surface area (Å²) in [7, 11) is 0. The molecular formula is C12H13ClN4O. The molecule has 5 nitrogen and oxygen atoms in total. The van der Waals surface area contributed by atoms with E-state index < -0.39 is 0 Å². The van der Waals surface area contributed by atoms with Crippen molar-refractivity contribution in [2.45, 2.75) is 12.5 Å². The second kappa shape index (κ2) is 4.26. The van der Waals surface area contributed by atoms with E-state index in [2.05, 4.69) is 14.9 Å². The lowest BCUT2D eigenvalue weighted by molar-refractivity contribution is 0.751. The number of hydrogen-bond acceptors (Lipinski definition) is 4. The van der Waals surface area contributed by atoms with Gasteiger partial charge in [-0.05, 0) is 24.6 Å². The fourth-order valence-corrected chi connectivity index (χ4v) is 2.51. The van der Waals surface area contributed by atoms with E-state index in [0.29, 0.717) is 16.4 Å². The van der Waals surface area contributed by atoms with E-state index in [1.807, 2.05) is 6.07 Å². The molecule has 2 aromatic rings. The largest absolute Gasteiger partial charge is 0.354 e. The van der Waals surface area contributed by atoms with Crippen molar-refractivity contribution >= 4 is 28.3 Å². The number of anilines is 1. The lowest BCUT2D eigenvalue weighted by atomic mass is 10.2. The third-order valence-corrected chi connectivity index (χ3v) is 3.43. The molecule has 1 aromatic carbocycles. The maximum atomic E-state index is 11.6. The van der Waals surface area contributed by atoms with E-state index in [1.165, 1.54) is 0 Å². The quantitative estimate of drug-likeness (QED) is 0.809. The SMILES string of the molecule is NC1CCN(c2nc(=O)[nH]c3cc(Cl)ccc23)C1. The summed E-state index contributed by atoms with van der Waals surface area (Å²) in [6, 6.07) is 5.55. The van der Waals surface area contributed by atoms with Crippen molar-refractivity contribution in [3.8, 4) is 0 Å². The summed E-state index contributed by atoms with van der Waals surface area (Å²) in [5, 5.41) is 1.49. The van der Waals surface area contributed by atoms with E-state index in [-0.39, 0.29) is 11.7 Å². The molecule has 94 valence electrons. The number of halogens is 1. The number of benzene rings is 1. The lowest BCUT2D eigenvalue weighted by Crippen LogP contribution is -2.28. The van der Waals surface area contributed by atoms with Crippen LogP contribution in [0.4, 0.5) is 5.82 Å². The highest BCUT2D eigenvalue weighted by Crippen LogP contribution is 2.26. The molecule has 0 amide bonds. The third-order valence-electron chi connectivity index (χ3n) is 3.20. The van der Waals surface area contributed by atoms with Gasteiger partial charge in [-0.3, -0.25) is 0 Å². The fourth-order valence-electron chi connectivity index (χ4n) is 2.34. The van der Waals surface area contributed by atoms with Gasteiger partial charge in [0.05, 0.1) is 5.52 Å². The smallest absolute Gasteiger partial charge is 0.347 e. The summed E-state index contributed by atoms with van der Waals surface area (Å²) < 4.78 is 0. The number of nitrogens with two attached hydrogens (primary N) is 1. The monoisotopic (exact) mass is 264 g/mol. The zero-order valence-electron chi connectivity index (χ0n) is 9.69. The van der Waals surface area contributed by atoms with Gasteiger partial charge >= 0.3 is 5.69 Å². The highest BCUT2D eigenvalue weighted by atomic mass is 35.5. The van der Waals surface area contributed by atoms with Crippen LogP contribution in [0.1, 0.15) is 6.42 Å². The molecule has 2 heterocycles. The molecule has 1 atom stereocenters. The average molecular weight is 265 g/mol. The van der Waals surface area contributed by atoms with Gasteiger partial charge in [0.15, 0.2) is 0 Å². The summed E-state index contributed by atoms with van der Waals surface area (Å²) >= 11 is 5.93. The minimum Gasteiger partial charge on any atom is -0.354 e. The molecule has 1 fully saturated rings. The zero-order valence-corrected chi connectivity index (χ0v) is 10.4. The van der Waals surface area contributed by atoms with Gasteiger partial charge in [-0.25, -0.2) is 4.79 Å². The summed E-state index contributed by atoms with van der Waals surface area (Å²) in [6.45, 7) is 1.56. The molecule has 1 saturated heterocycles. The van der Waals surface area contributed by atoms with E-state index in [9.17, 15) is 4.79 Å². The maximum absolute atomic E-state index is 11.6. The Hall–Kier alpha value is -1.59. The van der Waals surface area contributed by atoms with E-state index in [1.54, 1.807) is 12.1 Å². The van der Waals surface area contributed by atoms with Crippen LogP contribution >= 0.6 is 11.6 Å². The first kappa shape index (κ1) is 11.5. The Morgan fingerprint density at radius 2 is 2.33 bits per heavy atom. The molecule has 0 spiro atoms. The lowest BCUT2D eigenvalue weighted by Gasteiger charge is -2.18. The average Bonchev–Trinajstić information content (AvgIpc) is 2.74. The van der Waals surface area contributed by atoms with Crippen molar-refractivity contribution in [2.75, 3.05) is 18.0 Å². The van der Waals surface area contributed by atoms with E-state index in [4.69, 9.17) is 17.3 Å². The number of H-pyrrole nitrogens is 1. The van der Waals surface area contributed by atoms with Crippen molar-refractivity contribution in [1.29, 1.82) is 0 Å². The Morgan fingerprint density at radius 3 is 3.06 bits per heavy atom. The molecule has 1 unspecified atom stereocenters. The van der Waals surface area contributed by atoms with Crippen molar-refractivity contribution in [2.24, 2.45) is 5.73 Å². The summed E-state index contributed by atoms with van der Waals surface area (Å²) in [4.78, 5) is 20.4. The minimum absolute atomic E-state index is 0.147. The highest BCUT2D eigenvalue weighted by Gasteiger charge is 2.22. The van der Waals surface area contributed by atoms with Gasteiger partial charge in [0, 0.05) is 29.5 Å². The van der Waals surface area contributed by atoms with E-state index >= 15 is 0 Å². The first-order valence-corrected chi connectivity index (χ1v) is 6.21. The third kappa shape index (κ3) is 1.95. The Morgan fingerprint density at radius 1 is 1.50 bits per heavy atom. The van der Waals surface area contributed by atoms with Gasteiger partial charge in [-0.1, -0.05) is 11.6 Å². The molecule has 0 aliphatic carbocycles. The molecule has 0 radical (unpaired) electrons. The first-order chi connectivity index (χ1) is 8.63. The standard InChI is InChI=1S/C12H13ClN4O/c13-7-1-2-9-10(5-7)15-12(18)16-11(9)17-4-3-8(14)6-17/h1-2,5,8H,3-4,6,14H2,(H,15,16,18). The summed E-state index contributed by atoms with van der Waals surface area (Å²) in [5.41, 5.74) is 6.24. The van der Waals surface area contributed by atoms with Gasteiger partial charge in [-0.2, -0.15) is 4.98 Å². The molecule has 0 bridgehead atoms. The Kier molecular flexibility index (Phi) is 2.72. The van der Waals surface area contributed by atoms with Crippen LogP contribution in [0, 0.1) is 0 Å². The summed E-state index contributed by atoms with van der Waals surface area (Å²) in [5.74, 6) is 0.693. The minimum atomic E-state index is -0.361. The number of hydrogen-bond donors (Lipinski definition) is 2. The topological polar surface area (TPSA) is 75.0 Å². The van der Waals surface area contributed by atoms with Crippen molar-refractivity contribution in [1.82, 2.24) is 9.97 Å². The van der Waals surface area contributed by atoms with Gasteiger partial charge in [-0.15, -0.1) is 0 Å². The predicted octanol–water partition coefficient (Wildman–Crippen LogP) is 1.11. The normalized spacial score (nSPS) is 19.7. The van der Waals surface area contributed by atoms with E-state index in [0.717, 1.165) is 24.9 Å². The van der Waals surface area contributed by atoms with Gasteiger partial charge in [0.2, 0.25) is 0 Å². The molecule has 1 aromatic heterocycles. The molecule has 0 saturated carbocycles. The number of nitrogens with one attached hydrogen (secondary N) is 1. The molecule has 18 heavy (non-hydrogen) atoms. The predicted molar refractivity (Wildman–Crippen MR) is 72.2 cm³/mol. The molecule has 3 rings (SSSR count). The highest BCUT2D eigenvalue weighted by molar-refractivity contribution is 6.31. The van der Waals surface area contributed by atoms with Crippen LogP contribution < -0.4 is 16.3 Å². The van der Waals surface area contributed by atoms with Crippen molar-refractivity contribution in [3.63, 3.8) is 0 Å². The molecule has 6 heteroatoms. The number of aromatic nitrogens is 2. The number of fused-ring (bicyclic) bond motifs is 1. The molecule has 3 N–H and O–H groups in total. The maximum Gasteiger partial charge on any atom is 0.347 e. The number of nitrogens with zero attached hydrogens (tertiary/aromatic N) is 2. The fraction of sp³-hybridized carbons (Fsp3) is 0.333. The van der Waals surface area contributed by atoms with Crippen LogP contribution in [-0.4, -0.2) is 29.1 Å². The zero-order chi connectivity index (χ0) is 12.7. The Labute approximate surface area is 109 Å². The van der Waals surface area contributed by atoms with Crippen LogP contribution in [0.2, 0.25) is 5.02 Å². The number of aromatic amines is 1. The first-order valence-electron chi connectivity index (χ1n) is 5.83. The van der Waals surface area contributed by atoms with Crippen LogP contribution in [0.5, 0.6) is 0 Å². The second-order valence-electron chi connectivity index (χ2n) is 4.55. The Balaban J connectivity index is 2.19. The van der Waals surface area contributed by atoms with Crippen LogP contribution in [0.25, 0.3) is 10.9 Å². The van der Waals surface area contributed by atoms with Gasteiger partial charge in [0.1, 0.15) is 5.82 Å². The van der Waals surface area contributed by atoms with Gasteiger partial charge in [0.25, 0.3) is 0 Å². The second-order valence-corrected chi connectivity index (χ2v) is 4.99. The molecule has 1 aliphatic heterocycles. The van der Waals surface area contributed by atoms with Crippen LogP contribution in [0.15, 0.2) is 23.0 Å².